The van der Waals surface area contributed by atoms with Gasteiger partial charge in [0.15, 0.2) is 0 Å². The first-order chi connectivity index (χ1) is 16.8. The number of para-hydroxylation sites is 1. The SMILES string of the molecule is C=C(N[C@H](CCc1ccccc1)C(=O)Nc1cnc2ccccc2c1)[C@@H](N)CC[N+](C)(C)CCN. The van der Waals surface area contributed by atoms with Gasteiger partial charge in [-0.25, -0.2) is 0 Å². The number of amides is 1. The molecular weight excluding hydrogens is 436 g/mol. The maximum absolute atomic E-state index is 13.3. The lowest BCUT2D eigenvalue weighted by Crippen LogP contribution is -2.48. The van der Waals surface area contributed by atoms with E-state index in [1.165, 1.54) is 5.56 Å². The molecule has 0 saturated heterocycles. The summed E-state index contributed by atoms with van der Waals surface area (Å²) in [6, 6.07) is 19.2. The van der Waals surface area contributed by atoms with Crippen LogP contribution in [0.3, 0.4) is 0 Å². The van der Waals surface area contributed by atoms with Crippen molar-refractivity contribution in [1.29, 1.82) is 0 Å². The first kappa shape index (κ1) is 26.3. The Morgan fingerprint density at radius 1 is 1.06 bits per heavy atom. The number of benzene rings is 2. The second kappa shape index (κ2) is 12.4. The number of likely N-dealkylation sites (N-methyl/N-ethyl adjacent to an activating group) is 1. The smallest absolute Gasteiger partial charge is 0.246 e. The lowest BCUT2D eigenvalue weighted by molar-refractivity contribution is -0.889. The molecule has 0 radical (unpaired) electrons. The Morgan fingerprint density at radius 2 is 1.77 bits per heavy atom. The van der Waals surface area contributed by atoms with Gasteiger partial charge in [0, 0.05) is 30.1 Å². The molecule has 1 amide bonds. The number of nitrogens with two attached hydrogens (primary N) is 2. The third-order valence-corrected chi connectivity index (χ3v) is 6.33. The highest BCUT2D eigenvalue weighted by atomic mass is 16.2. The number of aryl methyl sites for hydroxylation is 1. The second-order valence-corrected chi connectivity index (χ2v) is 9.72. The van der Waals surface area contributed by atoms with E-state index in [2.05, 4.69) is 48.4 Å². The van der Waals surface area contributed by atoms with Gasteiger partial charge in [-0.15, -0.1) is 0 Å². The summed E-state index contributed by atoms with van der Waals surface area (Å²) in [6.45, 7) is 6.56. The molecule has 0 spiro atoms. The van der Waals surface area contributed by atoms with Crippen LogP contribution in [0.1, 0.15) is 18.4 Å². The van der Waals surface area contributed by atoms with Crippen molar-refractivity contribution in [3.8, 4) is 0 Å². The number of anilines is 1. The van der Waals surface area contributed by atoms with E-state index in [0.717, 1.165) is 41.3 Å². The van der Waals surface area contributed by atoms with Crippen LogP contribution in [0, 0.1) is 0 Å². The number of carbonyl (C=O) groups excluding carboxylic acids is 1. The fraction of sp³-hybridized carbons (Fsp3) is 0.357. The van der Waals surface area contributed by atoms with E-state index in [1.54, 1.807) is 6.20 Å². The summed E-state index contributed by atoms with van der Waals surface area (Å²) in [5, 5.41) is 7.33. The molecule has 0 saturated carbocycles. The third kappa shape index (κ3) is 8.17. The van der Waals surface area contributed by atoms with Gasteiger partial charge in [0.25, 0.3) is 0 Å². The van der Waals surface area contributed by atoms with Crippen LogP contribution in [0.2, 0.25) is 0 Å². The zero-order valence-electron chi connectivity index (χ0n) is 20.9. The number of carbonyl (C=O) groups is 1. The van der Waals surface area contributed by atoms with Crippen molar-refractivity contribution >= 4 is 22.5 Å². The highest BCUT2D eigenvalue weighted by Gasteiger charge is 2.23. The van der Waals surface area contributed by atoms with Crippen molar-refractivity contribution in [3.63, 3.8) is 0 Å². The quantitative estimate of drug-likeness (QED) is 0.284. The average Bonchev–Trinajstić information content (AvgIpc) is 2.85. The molecule has 7 nitrogen and oxygen atoms in total. The minimum Gasteiger partial charge on any atom is -0.376 e. The molecule has 0 bridgehead atoms. The number of pyridine rings is 1. The molecule has 0 unspecified atom stereocenters. The summed E-state index contributed by atoms with van der Waals surface area (Å²) in [5.74, 6) is -0.134. The molecule has 3 rings (SSSR count). The molecule has 186 valence electrons. The lowest BCUT2D eigenvalue weighted by Gasteiger charge is -2.31. The molecule has 1 heterocycles. The summed E-state index contributed by atoms with van der Waals surface area (Å²) in [5.41, 5.74) is 15.6. The number of nitrogens with one attached hydrogen (secondary N) is 2. The number of aromatic nitrogens is 1. The first-order valence-corrected chi connectivity index (χ1v) is 12.2. The standard InChI is InChI=1S/C28H38N6O/c1-21(25(30)15-17-34(2,3)18-16-29)32-27(14-13-22-9-5-4-6-10-22)28(35)33-24-19-23-11-7-8-12-26(23)31-20-24/h4-12,19-20,25,27,32H,1,13-18,29-30H2,2-3H3/p+1/t25-,27+/m0/s1. The van der Waals surface area contributed by atoms with Crippen LogP contribution >= 0.6 is 0 Å². The predicted octanol–water partition coefficient (Wildman–Crippen LogP) is 3.03. The average molecular weight is 476 g/mol. The van der Waals surface area contributed by atoms with Crippen molar-refractivity contribution in [3.05, 3.63) is 84.7 Å². The molecule has 0 fully saturated rings. The van der Waals surface area contributed by atoms with Crippen molar-refractivity contribution in [1.82, 2.24) is 10.3 Å². The third-order valence-electron chi connectivity index (χ3n) is 6.33. The van der Waals surface area contributed by atoms with Gasteiger partial charge in [0.2, 0.25) is 5.91 Å². The van der Waals surface area contributed by atoms with E-state index in [-0.39, 0.29) is 11.9 Å². The number of rotatable bonds is 13. The largest absolute Gasteiger partial charge is 0.376 e. The van der Waals surface area contributed by atoms with Gasteiger partial charge < -0.3 is 26.6 Å². The van der Waals surface area contributed by atoms with E-state index in [0.29, 0.717) is 24.4 Å². The summed E-state index contributed by atoms with van der Waals surface area (Å²) in [6.07, 6.45) is 3.80. The molecule has 0 aliphatic rings. The Labute approximate surface area is 208 Å². The molecule has 2 aromatic carbocycles. The molecule has 0 aliphatic heterocycles. The van der Waals surface area contributed by atoms with Gasteiger partial charge in [0.1, 0.15) is 6.04 Å². The minimum atomic E-state index is -0.480. The lowest BCUT2D eigenvalue weighted by atomic mass is 10.0. The highest BCUT2D eigenvalue weighted by molar-refractivity contribution is 5.96. The maximum atomic E-state index is 13.3. The van der Waals surface area contributed by atoms with E-state index in [4.69, 9.17) is 11.5 Å². The predicted molar refractivity (Wildman–Crippen MR) is 145 cm³/mol. The van der Waals surface area contributed by atoms with Crippen molar-refractivity contribution in [2.45, 2.75) is 31.3 Å². The Kier molecular flexibility index (Phi) is 9.37. The van der Waals surface area contributed by atoms with Crippen molar-refractivity contribution < 1.29 is 9.28 Å². The molecule has 3 aromatic rings. The normalized spacial score (nSPS) is 13.3. The van der Waals surface area contributed by atoms with E-state index < -0.39 is 6.04 Å². The molecule has 1 aromatic heterocycles. The molecule has 6 N–H and O–H groups in total. The van der Waals surface area contributed by atoms with Gasteiger partial charge in [-0.3, -0.25) is 9.78 Å². The fourth-order valence-electron chi connectivity index (χ4n) is 4.05. The van der Waals surface area contributed by atoms with E-state index in [1.807, 2.05) is 48.5 Å². The molecule has 7 heteroatoms. The highest BCUT2D eigenvalue weighted by Crippen LogP contribution is 2.17. The zero-order chi connectivity index (χ0) is 25.3. The zero-order valence-corrected chi connectivity index (χ0v) is 20.9. The van der Waals surface area contributed by atoms with E-state index in [9.17, 15) is 4.79 Å². The first-order valence-electron chi connectivity index (χ1n) is 12.2. The van der Waals surface area contributed by atoms with Gasteiger partial charge in [-0.1, -0.05) is 55.1 Å². The molecule has 35 heavy (non-hydrogen) atoms. The van der Waals surface area contributed by atoms with Crippen LogP contribution in [0.15, 0.2) is 79.1 Å². The molecule has 0 aliphatic carbocycles. The number of hydrogen-bond donors (Lipinski definition) is 4. The maximum Gasteiger partial charge on any atom is 0.246 e. The Bertz CT molecular complexity index is 1110. The van der Waals surface area contributed by atoms with Gasteiger partial charge >= 0.3 is 0 Å². The Hall–Kier alpha value is -3.26. The molecule has 2 atom stereocenters. The van der Waals surface area contributed by atoms with Crippen LogP contribution in [0.25, 0.3) is 10.9 Å². The second-order valence-electron chi connectivity index (χ2n) is 9.72. The summed E-state index contributed by atoms with van der Waals surface area (Å²) in [4.78, 5) is 17.8. The van der Waals surface area contributed by atoms with Crippen molar-refractivity contribution in [2.24, 2.45) is 11.5 Å². The number of nitrogens with zero attached hydrogens (tertiary/aromatic N) is 2. The van der Waals surface area contributed by atoms with Crippen LogP contribution in [-0.4, -0.2) is 61.2 Å². The summed E-state index contributed by atoms with van der Waals surface area (Å²) in [7, 11) is 4.28. The summed E-state index contributed by atoms with van der Waals surface area (Å²) >= 11 is 0. The van der Waals surface area contributed by atoms with Crippen LogP contribution in [0.5, 0.6) is 0 Å². The van der Waals surface area contributed by atoms with Crippen LogP contribution in [-0.2, 0) is 11.2 Å². The number of quaternary nitrogens is 1. The topological polar surface area (TPSA) is 106 Å². The van der Waals surface area contributed by atoms with Crippen LogP contribution in [0.4, 0.5) is 5.69 Å². The van der Waals surface area contributed by atoms with E-state index >= 15 is 0 Å². The van der Waals surface area contributed by atoms with Crippen LogP contribution < -0.4 is 22.1 Å². The fourth-order valence-corrected chi connectivity index (χ4v) is 4.05. The Morgan fingerprint density at radius 3 is 2.51 bits per heavy atom. The van der Waals surface area contributed by atoms with Gasteiger partial charge in [-0.2, -0.15) is 0 Å². The van der Waals surface area contributed by atoms with Crippen molar-refractivity contribution in [2.75, 3.05) is 39.0 Å². The summed E-state index contributed by atoms with van der Waals surface area (Å²) < 4.78 is 0.796. The Balaban J connectivity index is 1.68. The van der Waals surface area contributed by atoms with Gasteiger partial charge in [0.05, 0.1) is 44.6 Å². The van der Waals surface area contributed by atoms with Gasteiger partial charge in [-0.05, 0) is 30.5 Å². The monoisotopic (exact) mass is 475 g/mol. The number of hydrogen-bond acceptors (Lipinski definition) is 5. The molecular formula is C28H39N6O+. The minimum absolute atomic E-state index is 0.134. The number of fused-ring (bicyclic) bond motifs is 1.